The summed E-state index contributed by atoms with van der Waals surface area (Å²) in [5.41, 5.74) is 0.366. The Hall–Kier alpha value is 1.59. The molecule has 12 heavy (non-hydrogen) atoms. The van der Waals surface area contributed by atoms with Gasteiger partial charge in [0.25, 0.3) is 6.69 Å². The van der Waals surface area contributed by atoms with Gasteiger partial charge in [0.1, 0.15) is 0 Å². The first kappa shape index (κ1) is 13.6. The molecule has 0 bridgehead atoms. The molecule has 0 radical (unpaired) electrons. The number of hydrogen-bond acceptors (Lipinski definition) is 0. The highest BCUT2D eigenvalue weighted by Crippen LogP contribution is 2.36. The number of rotatable bonds is 4. The Morgan fingerprint density at radius 3 is 1.75 bits per heavy atom. The van der Waals surface area contributed by atoms with E-state index in [9.17, 15) is 0 Å². The fraction of sp³-hybridized carbons (Fsp3) is 1.00. The molecule has 0 aromatic heterocycles. The zero-order chi connectivity index (χ0) is 9.99. The summed E-state index contributed by atoms with van der Waals surface area (Å²) < 4.78 is 0. The van der Waals surface area contributed by atoms with E-state index in [1.807, 2.05) is 13.1 Å². The smallest absolute Gasteiger partial charge is 0.146 e. The van der Waals surface area contributed by atoms with Crippen LogP contribution in [0.15, 0.2) is 0 Å². The molecule has 0 N–H and O–H groups in total. The van der Waals surface area contributed by atoms with E-state index in [-0.39, 0.29) is 0 Å². The minimum atomic E-state index is -2.01. The molecule has 0 saturated heterocycles. The third-order valence-corrected chi connectivity index (χ3v) is 8.44. The second-order valence-electron chi connectivity index (χ2n) is 3.47. The lowest BCUT2D eigenvalue weighted by atomic mass is 10.4. The molecule has 0 aromatic rings. The van der Waals surface area contributed by atoms with Crippen molar-refractivity contribution in [3.8, 4) is 0 Å². The van der Waals surface area contributed by atoms with Crippen LogP contribution in [0, 0.1) is 0 Å². The molecule has 0 aliphatic rings. The Kier molecular flexibility index (Phi) is 5.55. The van der Waals surface area contributed by atoms with Crippen LogP contribution < -0.4 is 0 Å². The zero-order valence-electron chi connectivity index (χ0n) is 7.50. The summed E-state index contributed by atoms with van der Waals surface area (Å²) in [5, 5.41) is 0. The second-order valence-corrected chi connectivity index (χ2v) is 19.9. The molecule has 0 aromatic carbocycles. The van der Waals surface area contributed by atoms with Gasteiger partial charge in [-0.2, -0.15) is 0 Å². The minimum Gasteiger partial charge on any atom is -0.146 e. The largest absolute Gasteiger partial charge is 0.251 e. The van der Waals surface area contributed by atoms with Crippen molar-refractivity contribution in [2.24, 2.45) is 0 Å². The summed E-state index contributed by atoms with van der Waals surface area (Å²) in [6, 6.07) is 0.874. The van der Waals surface area contributed by atoms with E-state index < -0.39 is 13.4 Å². The maximum Gasteiger partial charge on any atom is 0.251 e. The van der Waals surface area contributed by atoms with Crippen molar-refractivity contribution in [1.82, 2.24) is 0 Å². The highest BCUT2D eigenvalue weighted by Gasteiger charge is 2.31. The average molecular weight is 284 g/mol. The maximum atomic E-state index is 6.05. The molecule has 1 atom stereocenters. The standard InChI is InChI=1S/C6H14Cl4Si2/c1-6(12(3,9)10)4-5-11(2,7)8/h6H,4-5H2,1-3H3. The summed E-state index contributed by atoms with van der Waals surface area (Å²) in [5.74, 6) is 0. The highest BCUT2D eigenvalue weighted by molar-refractivity contribution is 7.46. The molecule has 0 aliphatic carbocycles. The van der Waals surface area contributed by atoms with Gasteiger partial charge in [0, 0.05) is 0 Å². The zero-order valence-corrected chi connectivity index (χ0v) is 12.5. The van der Waals surface area contributed by atoms with Crippen molar-refractivity contribution in [3.63, 3.8) is 0 Å². The molecule has 0 amide bonds. The van der Waals surface area contributed by atoms with E-state index in [1.54, 1.807) is 0 Å². The van der Waals surface area contributed by atoms with E-state index in [0.717, 1.165) is 12.5 Å². The van der Waals surface area contributed by atoms with E-state index in [4.69, 9.17) is 44.3 Å². The van der Waals surface area contributed by atoms with Crippen LogP contribution in [0.3, 0.4) is 0 Å². The highest BCUT2D eigenvalue weighted by atomic mass is 35.7. The Morgan fingerprint density at radius 1 is 1.08 bits per heavy atom. The van der Waals surface area contributed by atoms with Gasteiger partial charge in [0.2, 0.25) is 6.69 Å². The SMILES string of the molecule is CC(CC[Si](C)(Cl)Cl)[Si](C)(Cl)Cl. The van der Waals surface area contributed by atoms with Crippen LogP contribution in [0.1, 0.15) is 13.3 Å². The molecule has 0 aliphatic heterocycles. The first-order chi connectivity index (χ1) is 5.13. The summed E-state index contributed by atoms with van der Waals surface area (Å²) in [6.07, 6.45) is 0.950. The predicted molar refractivity (Wildman–Crippen MR) is 65.5 cm³/mol. The second kappa shape index (κ2) is 4.90. The molecule has 0 nitrogen and oxygen atoms in total. The molecule has 74 valence electrons. The normalized spacial score (nSPS) is 16.2. The maximum absolute atomic E-state index is 6.05. The van der Waals surface area contributed by atoms with Crippen LogP contribution in [-0.4, -0.2) is 13.4 Å². The fourth-order valence-electron chi connectivity index (χ4n) is 0.723. The molecule has 1 unspecified atom stereocenters. The molecule has 0 heterocycles. The van der Waals surface area contributed by atoms with Crippen molar-refractivity contribution in [2.75, 3.05) is 0 Å². The number of hydrogen-bond donors (Lipinski definition) is 0. The molecular formula is C6H14Cl4Si2. The van der Waals surface area contributed by atoms with Gasteiger partial charge < -0.3 is 0 Å². The lowest BCUT2D eigenvalue weighted by molar-refractivity contribution is 0.854. The van der Waals surface area contributed by atoms with Crippen molar-refractivity contribution < 1.29 is 0 Å². The monoisotopic (exact) mass is 282 g/mol. The van der Waals surface area contributed by atoms with Crippen molar-refractivity contribution in [2.45, 2.75) is 38.0 Å². The van der Waals surface area contributed by atoms with E-state index in [2.05, 4.69) is 6.92 Å². The Labute approximate surface area is 95.4 Å². The van der Waals surface area contributed by atoms with Crippen LogP contribution in [-0.2, 0) is 0 Å². The summed E-state index contributed by atoms with van der Waals surface area (Å²) in [7, 11) is 0. The Balaban J connectivity index is 3.80. The first-order valence-electron chi connectivity index (χ1n) is 3.88. The van der Waals surface area contributed by atoms with Gasteiger partial charge in [-0.25, -0.2) is 0 Å². The molecule has 0 spiro atoms. The van der Waals surface area contributed by atoms with Crippen molar-refractivity contribution in [1.29, 1.82) is 0 Å². The predicted octanol–water partition coefficient (Wildman–Crippen LogP) is 4.87. The van der Waals surface area contributed by atoms with Gasteiger partial charge in [-0.3, -0.25) is 0 Å². The van der Waals surface area contributed by atoms with Crippen LogP contribution in [0.25, 0.3) is 0 Å². The number of halogens is 4. The Bertz CT molecular complexity index is 137. The van der Waals surface area contributed by atoms with E-state index >= 15 is 0 Å². The summed E-state index contributed by atoms with van der Waals surface area (Å²) >= 11 is 24.0. The van der Waals surface area contributed by atoms with Gasteiger partial charge in [-0.15, -0.1) is 44.3 Å². The molecule has 0 fully saturated rings. The summed E-state index contributed by atoms with van der Waals surface area (Å²) in [4.78, 5) is 0. The Morgan fingerprint density at radius 2 is 1.50 bits per heavy atom. The lowest BCUT2D eigenvalue weighted by Crippen LogP contribution is -2.22. The van der Waals surface area contributed by atoms with Crippen molar-refractivity contribution >= 4 is 57.7 Å². The third-order valence-electron chi connectivity index (χ3n) is 1.88. The summed E-state index contributed by atoms with van der Waals surface area (Å²) in [6.45, 7) is 1.96. The average Bonchev–Trinajstić information content (AvgIpc) is 1.78. The van der Waals surface area contributed by atoms with Gasteiger partial charge in [0.15, 0.2) is 0 Å². The van der Waals surface area contributed by atoms with Crippen LogP contribution in [0.2, 0.25) is 24.7 Å². The molecule has 0 saturated carbocycles. The lowest BCUT2D eigenvalue weighted by Gasteiger charge is -2.21. The van der Waals surface area contributed by atoms with Gasteiger partial charge in [-0.05, 0) is 24.7 Å². The van der Waals surface area contributed by atoms with Gasteiger partial charge in [-0.1, -0.05) is 13.3 Å². The molecule has 0 rings (SSSR count). The van der Waals surface area contributed by atoms with E-state index in [1.165, 1.54) is 0 Å². The van der Waals surface area contributed by atoms with Crippen LogP contribution in [0.5, 0.6) is 0 Å². The van der Waals surface area contributed by atoms with Crippen molar-refractivity contribution in [3.05, 3.63) is 0 Å². The molecule has 6 heteroatoms. The minimum absolute atomic E-state index is 0.366. The van der Waals surface area contributed by atoms with Gasteiger partial charge in [0.05, 0.1) is 0 Å². The van der Waals surface area contributed by atoms with Crippen LogP contribution in [0.4, 0.5) is 0 Å². The quantitative estimate of drug-likeness (QED) is 0.510. The fourth-order valence-corrected chi connectivity index (χ4v) is 3.91. The molecular weight excluding hydrogens is 270 g/mol. The third kappa shape index (κ3) is 7.04. The first-order valence-corrected chi connectivity index (χ1v) is 13.2. The van der Waals surface area contributed by atoms with Crippen LogP contribution >= 0.6 is 44.3 Å². The van der Waals surface area contributed by atoms with Gasteiger partial charge >= 0.3 is 0 Å². The van der Waals surface area contributed by atoms with E-state index in [0.29, 0.717) is 5.54 Å². The topological polar surface area (TPSA) is 0 Å².